The van der Waals surface area contributed by atoms with E-state index in [4.69, 9.17) is 4.99 Å². The highest BCUT2D eigenvalue weighted by atomic mass is 15.1. The Hall–Kier alpha value is -1.51. The highest BCUT2D eigenvalue weighted by molar-refractivity contribution is 5.87. The first kappa shape index (κ1) is 14.4. The number of nitrogens with one attached hydrogen (secondary N) is 1. The maximum atomic E-state index is 4.90. The van der Waals surface area contributed by atoms with Gasteiger partial charge in [-0.05, 0) is 37.8 Å². The molecule has 1 aromatic rings. The Kier molecular flexibility index (Phi) is 4.79. The minimum Gasteiger partial charge on any atom is -0.374 e. The Labute approximate surface area is 128 Å². The van der Waals surface area contributed by atoms with Crippen LogP contribution in [-0.4, -0.2) is 25.5 Å². The summed E-state index contributed by atoms with van der Waals surface area (Å²) in [7, 11) is 2.24. The first-order valence-corrected chi connectivity index (χ1v) is 8.48. The fourth-order valence-corrected chi connectivity index (χ4v) is 3.50. The van der Waals surface area contributed by atoms with Gasteiger partial charge in [-0.1, -0.05) is 31.4 Å². The van der Waals surface area contributed by atoms with E-state index in [0.717, 1.165) is 24.5 Å². The van der Waals surface area contributed by atoms with E-state index in [1.165, 1.54) is 50.6 Å². The summed E-state index contributed by atoms with van der Waals surface area (Å²) in [5.74, 6) is 1.16. The summed E-state index contributed by atoms with van der Waals surface area (Å²) in [5.41, 5.74) is 2.40. The van der Waals surface area contributed by atoms with Crippen molar-refractivity contribution in [3.05, 3.63) is 24.3 Å². The molecule has 1 heterocycles. The Morgan fingerprint density at radius 3 is 2.62 bits per heavy atom. The van der Waals surface area contributed by atoms with Crippen molar-refractivity contribution in [2.24, 2.45) is 4.99 Å². The van der Waals surface area contributed by atoms with Crippen LogP contribution in [0.2, 0.25) is 0 Å². The van der Waals surface area contributed by atoms with Crippen molar-refractivity contribution in [2.45, 2.75) is 57.4 Å². The van der Waals surface area contributed by atoms with Gasteiger partial charge in [0.2, 0.25) is 0 Å². The van der Waals surface area contributed by atoms with Gasteiger partial charge in [0.05, 0.1) is 11.4 Å². The Morgan fingerprint density at radius 2 is 1.86 bits per heavy atom. The molecule has 2 aliphatic rings. The van der Waals surface area contributed by atoms with E-state index in [1.807, 2.05) is 0 Å². The lowest BCUT2D eigenvalue weighted by atomic mass is 9.94. The molecule has 0 spiro atoms. The minimum absolute atomic E-state index is 0.680. The molecule has 3 heteroatoms. The van der Waals surface area contributed by atoms with Crippen LogP contribution in [0.3, 0.4) is 0 Å². The minimum atomic E-state index is 0.680. The van der Waals surface area contributed by atoms with Gasteiger partial charge in [0.1, 0.15) is 5.84 Å². The molecule has 0 atom stereocenters. The maximum absolute atomic E-state index is 4.90. The number of para-hydroxylation sites is 2. The summed E-state index contributed by atoms with van der Waals surface area (Å²) in [5, 5.41) is 3.44. The summed E-state index contributed by atoms with van der Waals surface area (Å²) in [6.45, 7) is 1.07. The van der Waals surface area contributed by atoms with Crippen LogP contribution in [0.1, 0.15) is 51.4 Å². The molecule has 1 aromatic carbocycles. The first-order valence-electron chi connectivity index (χ1n) is 8.48. The van der Waals surface area contributed by atoms with Gasteiger partial charge in [-0.3, -0.25) is 0 Å². The van der Waals surface area contributed by atoms with Crippen molar-refractivity contribution in [3.8, 4) is 0 Å². The molecule has 1 N–H and O–H groups in total. The van der Waals surface area contributed by atoms with Crippen molar-refractivity contribution < 1.29 is 0 Å². The van der Waals surface area contributed by atoms with Crippen LogP contribution in [-0.2, 0) is 0 Å². The second kappa shape index (κ2) is 6.97. The zero-order valence-corrected chi connectivity index (χ0v) is 13.1. The predicted molar refractivity (Wildman–Crippen MR) is 90.7 cm³/mol. The summed E-state index contributed by atoms with van der Waals surface area (Å²) < 4.78 is 0. The third kappa shape index (κ3) is 3.58. The third-order valence-corrected chi connectivity index (χ3v) is 4.81. The normalized spacial score (nSPS) is 22.0. The first-order chi connectivity index (χ1) is 10.3. The standard InChI is InChI=1S/C18H27N3/c1-21(15-9-3-2-4-10-15)17-12-6-5-11-16(17)20-18-13-7-8-14-19-18/h5-6,11-12,15H,2-4,7-10,13-14H2,1H3,(H,19,20). The molecule has 1 saturated carbocycles. The summed E-state index contributed by atoms with van der Waals surface area (Å²) >= 11 is 0. The van der Waals surface area contributed by atoms with Gasteiger partial charge in [0.15, 0.2) is 0 Å². The molecule has 0 unspecified atom stereocenters. The highest BCUT2D eigenvalue weighted by Crippen LogP contribution is 2.33. The van der Waals surface area contributed by atoms with Gasteiger partial charge < -0.3 is 10.2 Å². The van der Waals surface area contributed by atoms with Crippen molar-refractivity contribution >= 4 is 17.2 Å². The van der Waals surface area contributed by atoms with E-state index in [-0.39, 0.29) is 0 Å². The second-order valence-corrected chi connectivity index (χ2v) is 6.33. The number of piperidine rings is 1. The maximum Gasteiger partial charge on any atom is 0.102 e. The van der Waals surface area contributed by atoms with Crippen molar-refractivity contribution in [2.75, 3.05) is 18.5 Å². The van der Waals surface area contributed by atoms with Gasteiger partial charge >= 0.3 is 0 Å². The lowest BCUT2D eigenvalue weighted by molar-refractivity contribution is 0.428. The number of hydrogen-bond acceptors (Lipinski definition) is 2. The van der Waals surface area contributed by atoms with Crippen LogP contribution in [0.5, 0.6) is 0 Å². The largest absolute Gasteiger partial charge is 0.374 e. The fourth-order valence-electron chi connectivity index (χ4n) is 3.50. The van der Waals surface area contributed by atoms with Gasteiger partial charge in [0.25, 0.3) is 0 Å². The van der Waals surface area contributed by atoms with Crippen LogP contribution in [0.4, 0.5) is 11.4 Å². The van der Waals surface area contributed by atoms with Crippen LogP contribution < -0.4 is 10.2 Å². The molecule has 114 valence electrons. The van der Waals surface area contributed by atoms with Crippen LogP contribution in [0.15, 0.2) is 29.3 Å². The quantitative estimate of drug-likeness (QED) is 0.898. The average molecular weight is 285 g/mol. The molecule has 1 aliphatic carbocycles. The molecule has 0 bridgehead atoms. The van der Waals surface area contributed by atoms with Crippen LogP contribution in [0.25, 0.3) is 0 Å². The number of amidine groups is 1. The number of hydrogen-bond donors (Lipinski definition) is 1. The van der Waals surface area contributed by atoms with Crippen molar-refractivity contribution in [1.29, 1.82) is 0 Å². The van der Waals surface area contributed by atoms with Crippen LogP contribution in [0, 0.1) is 0 Å². The van der Waals surface area contributed by atoms with Gasteiger partial charge in [-0.15, -0.1) is 0 Å². The van der Waals surface area contributed by atoms with E-state index >= 15 is 0 Å². The Balaban J connectivity index is 1.81. The van der Waals surface area contributed by atoms with Crippen molar-refractivity contribution in [3.63, 3.8) is 0 Å². The number of aliphatic imine (C=N–C) groups is 1. The SMILES string of the molecule is CN(c1ccccc1/N=C1\CCCCN1)C1CCCCC1. The van der Waals surface area contributed by atoms with Crippen LogP contribution >= 0.6 is 0 Å². The van der Waals surface area contributed by atoms with Gasteiger partial charge in [-0.2, -0.15) is 0 Å². The number of rotatable bonds is 3. The number of nitrogens with zero attached hydrogens (tertiary/aromatic N) is 2. The van der Waals surface area contributed by atoms with E-state index in [0.29, 0.717) is 6.04 Å². The van der Waals surface area contributed by atoms with Gasteiger partial charge in [0, 0.05) is 26.1 Å². The van der Waals surface area contributed by atoms with E-state index in [2.05, 4.69) is 41.5 Å². The molecule has 3 rings (SSSR count). The molecule has 0 radical (unpaired) electrons. The molecule has 0 aromatic heterocycles. The molecular formula is C18H27N3. The molecule has 3 nitrogen and oxygen atoms in total. The topological polar surface area (TPSA) is 27.6 Å². The van der Waals surface area contributed by atoms with Gasteiger partial charge in [-0.25, -0.2) is 4.99 Å². The monoisotopic (exact) mass is 285 g/mol. The zero-order chi connectivity index (χ0) is 14.5. The molecule has 1 aliphatic heterocycles. The zero-order valence-electron chi connectivity index (χ0n) is 13.1. The smallest absolute Gasteiger partial charge is 0.102 e. The lowest BCUT2D eigenvalue weighted by Crippen LogP contribution is -2.33. The second-order valence-electron chi connectivity index (χ2n) is 6.33. The van der Waals surface area contributed by atoms with Crippen molar-refractivity contribution in [1.82, 2.24) is 5.32 Å². The molecular weight excluding hydrogens is 258 g/mol. The van der Waals surface area contributed by atoms with E-state index in [9.17, 15) is 0 Å². The molecule has 2 fully saturated rings. The van der Waals surface area contributed by atoms with E-state index < -0.39 is 0 Å². The lowest BCUT2D eigenvalue weighted by Gasteiger charge is -2.33. The summed E-state index contributed by atoms with van der Waals surface area (Å²) in [6.07, 6.45) is 10.4. The number of benzene rings is 1. The van der Waals surface area contributed by atoms with E-state index in [1.54, 1.807) is 0 Å². The molecule has 1 saturated heterocycles. The molecule has 0 amide bonds. The third-order valence-electron chi connectivity index (χ3n) is 4.81. The fraction of sp³-hybridized carbons (Fsp3) is 0.611. The summed E-state index contributed by atoms with van der Waals surface area (Å²) in [4.78, 5) is 7.36. The Morgan fingerprint density at radius 1 is 1.05 bits per heavy atom. The molecule has 21 heavy (non-hydrogen) atoms. The Bertz CT molecular complexity index is 481. The summed E-state index contributed by atoms with van der Waals surface area (Å²) in [6, 6.07) is 9.28. The highest BCUT2D eigenvalue weighted by Gasteiger charge is 2.20. The average Bonchev–Trinajstić information content (AvgIpc) is 2.56. The predicted octanol–water partition coefficient (Wildman–Crippen LogP) is 4.26. The number of anilines is 1.